The molecule has 0 fully saturated rings. The maximum absolute atomic E-state index is 11.1. The van der Waals surface area contributed by atoms with Gasteiger partial charge >= 0.3 is 5.69 Å². The summed E-state index contributed by atoms with van der Waals surface area (Å²) < 4.78 is 7.13. The van der Waals surface area contributed by atoms with Gasteiger partial charge in [-0.25, -0.2) is 4.68 Å². The minimum absolute atomic E-state index is 0.0691. The zero-order chi connectivity index (χ0) is 14.6. The van der Waals surface area contributed by atoms with E-state index in [0.29, 0.717) is 12.2 Å². The lowest BCUT2D eigenvalue weighted by atomic mass is 10.0. The molecule has 0 saturated heterocycles. The van der Waals surface area contributed by atoms with E-state index in [1.807, 2.05) is 20.8 Å². The van der Waals surface area contributed by atoms with Crippen LogP contribution in [0.1, 0.15) is 39.3 Å². The zero-order valence-corrected chi connectivity index (χ0v) is 12.0. The summed E-state index contributed by atoms with van der Waals surface area (Å²) in [5.41, 5.74) is 5.78. The molecule has 1 rings (SSSR count). The molecule has 0 aliphatic carbocycles. The smallest absolute Gasteiger partial charge is 0.353 e. The van der Waals surface area contributed by atoms with Gasteiger partial charge in [0, 0.05) is 12.1 Å². The third kappa shape index (κ3) is 3.66. The molecule has 1 atom stereocenters. The number of ether oxygens (including phenoxy) is 1. The van der Waals surface area contributed by atoms with Gasteiger partial charge in [-0.2, -0.15) is 5.10 Å². The third-order valence-electron chi connectivity index (χ3n) is 3.01. The first-order chi connectivity index (χ1) is 8.82. The molecule has 1 heterocycles. The van der Waals surface area contributed by atoms with Crippen LogP contribution in [0.25, 0.3) is 0 Å². The van der Waals surface area contributed by atoms with Gasteiger partial charge < -0.3 is 10.5 Å². The summed E-state index contributed by atoms with van der Waals surface area (Å²) in [6.07, 6.45) is 1.55. The van der Waals surface area contributed by atoms with Crippen molar-refractivity contribution in [2.75, 3.05) is 6.61 Å². The number of aromatic nitrogens is 2. The normalized spacial score (nSPS) is 14.2. The molecular formula is C12H22N4O3. The molecule has 1 aromatic heterocycles. The quantitative estimate of drug-likeness (QED) is 0.604. The monoisotopic (exact) mass is 270 g/mol. The van der Waals surface area contributed by atoms with E-state index in [1.54, 1.807) is 11.6 Å². The van der Waals surface area contributed by atoms with E-state index < -0.39 is 10.5 Å². The molecule has 1 unspecified atom stereocenters. The average molecular weight is 270 g/mol. The van der Waals surface area contributed by atoms with Gasteiger partial charge in [0.25, 0.3) is 5.88 Å². The molecular weight excluding hydrogens is 248 g/mol. The fraction of sp³-hybridized carbons (Fsp3) is 0.750. The maximum atomic E-state index is 11.1. The van der Waals surface area contributed by atoms with Crippen LogP contribution >= 0.6 is 0 Å². The minimum atomic E-state index is -0.511. The van der Waals surface area contributed by atoms with E-state index in [4.69, 9.17) is 10.5 Å². The highest BCUT2D eigenvalue weighted by molar-refractivity contribution is 5.45. The van der Waals surface area contributed by atoms with Crippen LogP contribution in [0.5, 0.6) is 5.88 Å². The van der Waals surface area contributed by atoms with Crippen LogP contribution in [0.2, 0.25) is 0 Å². The summed E-state index contributed by atoms with van der Waals surface area (Å²) in [6, 6.07) is 0. The maximum Gasteiger partial charge on any atom is 0.353 e. The van der Waals surface area contributed by atoms with E-state index >= 15 is 0 Å². The molecule has 7 nitrogen and oxygen atoms in total. The Morgan fingerprint density at radius 3 is 2.63 bits per heavy atom. The zero-order valence-electron chi connectivity index (χ0n) is 12.0. The lowest BCUT2D eigenvalue weighted by molar-refractivity contribution is -0.386. The number of nitro groups is 1. The molecule has 108 valence electrons. The Bertz CT molecular complexity index is 454. The van der Waals surface area contributed by atoms with Gasteiger partial charge in [0.15, 0.2) is 0 Å². The van der Waals surface area contributed by atoms with Gasteiger partial charge in [-0.05, 0) is 26.7 Å². The van der Waals surface area contributed by atoms with Crippen molar-refractivity contribution < 1.29 is 9.66 Å². The molecule has 19 heavy (non-hydrogen) atoms. The number of nitrogens with zero attached hydrogens (tertiary/aromatic N) is 3. The number of rotatable bonds is 7. The standard InChI is InChI=1S/C12H22N4O3/c1-5-7-15-11(19-8-12(4,13)6-2)10(16(17)18)9(3)14-15/h5-8,13H2,1-4H3. The van der Waals surface area contributed by atoms with Gasteiger partial charge in [0.1, 0.15) is 12.3 Å². The fourth-order valence-corrected chi connectivity index (χ4v) is 1.60. The molecule has 0 aliphatic heterocycles. The van der Waals surface area contributed by atoms with Crippen LogP contribution in [-0.4, -0.2) is 26.8 Å². The van der Waals surface area contributed by atoms with Crippen LogP contribution in [0.15, 0.2) is 0 Å². The van der Waals surface area contributed by atoms with Crippen LogP contribution < -0.4 is 10.5 Å². The highest BCUT2D eigenvalue weighted by Gasteiger charge is 2.28. The minimum Gasteiger partial charge on any atom is -0.471 e. The first-order valence-electron chi connectivity index (χ1n) is 6.45. The molecule has 0 aromatic carbocycles. The molecule has 0 bridgehead atoms. The lowest BCUT2D eigenvalue weighted by Crippen LogP contribution is -2.41. The van der Waals surface area contributed by atoms with Crippen molar-refractivity contribution in [3.63, 3.8) is 0 Å². The Kier molecular flexibility index (Phi) is 4.88. The van der Waals surface area contributed by atoms with Gasteiger partial charge in [-0.15, -0.1) is 0 Å². The van der Waals surface area contributed by atoms with Crippen molar-refractivity contribution in [2.24, 2.45) is 5.73 Å². The van der Waals surface area contributed by atoms with Gasteiger partial charge in [0.2, 0.25) is 0 Å². The first kappa shape index (κ1) is 15.4. The van der Waals surface area contributed by atoms with Crippen molar-refractivity contribution in [2.45, 2.75) is 52.6 Å². The molecule has 0 spiro atoms. The Hall–Kier alpha value is -1.63. The van der Waals surface area contributed by atoms with E-state index in [0.717, 1.165) is 12.8 Å². The Morgan fingerprint density at radius 1 is 1.53 bits per heavy atom. The largest absolute Gasteiger partial charge is 0.471 e. The van der Waals surface area contributed by atoms with Crippen molar-refractivity contribution in [1.29, 1.82) is 0 Å². The number of hydrogen-bond donors (Lipinski definition) is 1. The predicted molar refractivity (Wildman–Crippen MR) is 72.3 cm³/mol. The van der Waals surface area contributed by atoms with Crippen LogP contribution in [0.3, 0.4) is 0 Å². The van der Waals surface area contributed by atoms with Gasteiger partial charge in [-0.3, -0.25) is 10.1 Å². The highest BCUT2D eigenvalue weighted by Crippen LogP contribution is 2.31. The summed E-state index contributed by atoms with van der Waals surface area (Å²) in [5.74, 6) is 0.203. The van der Waals surface area contributed by atoms with Crippen LogP contribution in [-0.2, 0) is 6.54 Å². The van der Waals surface area contributed by atoms with Gasteiger partial charge in [-0.1, -0.05) is 13.8 Å². The predicted octanol–water partition coefficient (Wildman–Crippen LogP) is 2.02. The van der Waals surface area contributed by atoms with Crippen molar-refractivity contribution in [3.8, 4) is 5.88 Å². The summed E-state index contributed by atoms with van der Waals surface area (Å²) in [4.78, 5) is 10.6. The third-order valence-corrected chi connectivity index (χ3v) is 3.01. The second-order valence-electron chi connectivity index (χ2n) is 5.02. The van der Waals surface area contributed by atoms with Crippen molar-refractivity contribution >= 4 is 5.69 Å². The van der Waals surface area contributed by atoms with Gasteiger partial charge in [0.05, 0.1) is 4.92 Å². The molecule has 1 aromatic rings. The SMILES string of the molecule is CCCn1nc(C)c([N+](=O)[O-])c1OCC(C)(N)CC. The molecule has 0 saturated carbocycles. The van der Waals surface area contributed by atoms with E-state index in [9.17, 15) is 10.1 Å². The number of hydrogen-bond acceptors (Lipinski definition) is 5. The van der Waals surface area contributed by atoms with E-state index in [1.165, 1.54) is 0 Å². The molecule has 7 heteroatoms. The topological polar surface area (TPSA) is 96.2 Å². The first-order valence-corrected chi connectivity index (χ1v) is 6.45. The lowest BCUT2D eigenvalue weighted by Gasteiger charge is -2.22. The second kappa shape index (κ2) is 6.01. The summed E-state index contributed by atoms with van der Waals surface area (Å²) >= 11 is 0. The number of aryl methyl sites for hydroxylation is 2. The fourth-order valence-electron chi connectivity index (χ4n) is 1.60. The molecule has 0 aliphatic rings. The van der Waals surface area contributed by atoms with Crippen molar-refractivity contribution in [1.82, 2.24) is 9.78 Å². The summed E-state index contributed by atoms with van der Waals surface area (Å²) in [7, 11) is 0. The van der Waals surface area contributed by atoms with E-state index in [2.05, 4.69) is 5.10 Å². The molecule has 0 amide bonds. The summed E-state index contributed by atoms with van der Waals surface area (Å²) in [5, 5.41) is 15.3. The Labute approximate surface area is 112 Å². The highest BCUT2D eigenvalue weighted by atomic mass is 16.6. The Balaban J connectivity index is 3.05. The average Bonchev–Trinajstić information content (AvgIpc) is 2.63. The second-order valence-corrected chi connectivity index (χ2v) is 5.02. The number of nitrogens with two attached hydrogens (primary N) is 1. The van der Waals surface area contributed by atoms with Crippen molar-refractivity contribution in [3.05, 3.63) is 15.8 Å². The van der Waals surface area contributed by atoms with Crippen LogP contribution in [0.4, 0.5) is 5.69 Å². The summed E-state index contributed by atoms with van der Waals surface area (Å²) in [6.45, 7) is 8.19. The van der Waals surface area contributed by atoms with E-state index in [-0.39, 0.29) is 18.2 Å². The molecule has 2 N–H and O–H groups in total. The Morgan fingerprint density at radius 2 is 2.16 bits per heavy atom. The van der Waals surface area contributed by atoms with Crippen LogP contribution in [0, 0.1) is 17.0 Å². The molecule has 0 radical (unpaired) electrons.